The Morgan fingerprint density at radius 2 is 2.24 bits per heavy atom. The number of aromatic nitrogens is 1. The number of nitrogens with zero attached hydrogens (tertiary/aromatic N) is 1. The topological polar surface area (TPSA) is 76.2 Å². The second kappa shape index (κ2) is 4.93. The predicted molar refractivity (Wildman–Crippen MR) is 65.5 cm³/mol. The maximum Gasteiger partial charge on any atom is 0.303 e. The fourth-order valence-electron chi connectivity index (χ4n) is 1.89. The van der Waals surface area contributed by atoms with Crippen molar-refractivity contribution >= 4 is 16.7 Å². The summed E-state index contributed by atoms with van der Waals surface area (Å²) in [7, 11) is 0. The van der Waals surface area contributed by atoms with Gasteiger partial charge in [0.2, 0.25) is 0 Å². The molecular formula is C13H14N2O2. The number of aliphatic carboxylic acids is 1. The number of rotatable bonds is 4. The molecule has 0 aliphatic carbocycles. The molecule has 17 heavy (non-hydrogen) atoms. The SMILES string of the molecule is NC(CCC(=O)O)c1cccc2ccncc12. The highest BCUT2D eigenvalue weighted by Gasteiger charge is 2.11. The first kappa shape index (κ1) is 11.5. The van der Waals surface area contributed by atoms with Crippen LogP contribution in [0.5, 0.6) is 0 Å². The van der Waals surface area contributed by atoms with Crippen LogP contribution in [0.25, 0.3) is 10.8 Å². The quantitative estimate of drug-likeness (QED) is 0.843. The number of pyridine rings is 1. The Morgan fingerprint density at radius 1 is 1.41 bits per heavy atom. The maximum absolute atomic E-state index is 10.5. The summed E-state index contributed by atoms with van der Waals surface area (Å²) >= 11 is 0. The Kier molecular flexibility index (Phi) is 3.35. The third kappa shape index (κ3) is 2.60. The molecular weight excluding hydrogens is 216 g/mol. The van der Waals surface area contributed by atoms with Crippen molar-refractivity contribution in [2.24, 2.45) is 5.73 Å². The molecule has 1 aromatic heterocycles. The molecule has 2 rings (SSSR count). The van der Waals surface area contributed by atoms with Crippen LogP contribution < -0.4 is 5.73 Å². The Labute approximate surface area is 99.1 Å². The highest BCUT2D eigenvalue weighted by molar-refractivity contribution is 5.85. The van der Waals surface area contributed by atoms with Crippen LogP contribution in [-0.2, 0) is 4.79 Å². The van der Waals surface area contributed by atoms with Crippen molar-refractivity contribution in [2.45, 2.75) is 18.9 Å². The van der Waals surface area contributed by atoms with E-state index in [1.54, 1.807) is 12.4 Å². The van der Waals surface area contributed by atoms with Crippen LogP contribution in [0.4, 0.5) is 0 Å². The fourth-order valence-corrected chi connectivity index (χ4v) is 1.89. The number of hydrogen-bond acceptors (Lipinski definition) is 3. The van der Waals surface area contributed by atoms with E-state index in [4.69, 9.17) is 10.8 Å². The van der Waals surface area contributed by atoms with Crippen LogP contribution in [0.2, 0.25) is 0 Å². The third-order valence-corrected chi connectivity index (χ3v) is 2.79. The van der Waals surface area contributed by atoms with Gasteiger partial charge in [-0.25, -0.2) is 0 Å². The zero-order chi connectivity index (χ0) is 12.3. The number of carboxylic acid groups (broad SMARTS) is 1. The van der Waals surface area contributed by atoms with Gasteiger partial charge in [-0.2, -0.15) is 0 Å². The van der Waals surface area contributed by atoms with Crippen molar-refractivity contribution in [3.8, 4) is 0 Å². The standard InChI is InChI=1S/C13H14N2O2/c14-12(4-5-13(16)17)10-3-1-2-9-6-7-15-8-11(9)10/h1-3,6-8,12H,4-5,14H2,(H,16,17). The van der Waals surface area contributed by atoms with Crippen LogP contribution in [0, 0.1) is 0 Å². The van der Waals surface area contributed by atoms with Crippen LogP contribution in [0.3, 0.4) is 0 Å². The number of carboxylic acids is 1. The molecule has 0 aliphatic heterocycles. The molecule has 0 fully saturated rings. The normalized spacial score (nSPS) is 12.5. The van der Waals surface area contributed by atoms with Crippen molar-refractivity contribution < 1.29 is 9.90 Å². The van der Waals surface area contributed by atoms with E-state index in [1.807, 2.05) is 24.3 Å². The van der Waals surface area contributed by atoms with E-state index in [1.165, 1.54) is 0 Å². The number of carbonyl (C=O) groups is 1. The minimum atomic E-state index is -0.821. The van der Waals surface area contributed by atoms with Crippen molar-refractivity contribution in [1.82, 2.24) is 4.98 Å². The van der Waals surface area contributed by atoms with Crippen LogP contribution in [0.1, 0.15) is 24.4 Å². The summed E-state index contributed by atoms with van der Waals surface area (Å²) in [5, 5.41) is 10.7. The largest absolute Gasteiger partial charge is 0.481 e. The predicted octanol–water partition coefficient (Wildman–Crippen LogP) is 2.10. The second-order valence-corrected chi connectivity index (χ2v) is 3.98. The van der Waals surface area contributed by atoms with Gasteiger partial charge in [-0.15, -0.1) is 0 Å². The van der Waals surface area contributed by atoms with Gasteiger partial charge in [-0.1, -0.05) is 18.2 Å². The van der Waals surface area contributed by atoms with Crippen LogP contribution in [0.15, 0.2) is 36.7 Å². The Morgan fingerprint density at radius 3 is 3.00 bits per heavy atom. The van der Waals surface area contributed by atoms with E-state index in [2.05, 4.69) is 4.98 Å². The number of benzene rings is 1. The van der Waals surface area contributed by atoms with Crippen molar-refractivity contribution in [3.63, 3.8) is 0 Å². The maximum atomic E-state index is 10.5. The van der Waals surface area contributed by atoms with E-state index in [-0.39, 0.29) is 12.5 Å². The Bertz CT molecular complexity index is 534. The van der Waals surface area contributed by atoms with Crippen LogP contribution >= 0.6 is 0 Å². The monoisotopic (exact) mass is 230 g/mol. The van der Waals surface area contributed by atoms with Gasteiger partial charge in [0.15, 0.2) is 0 Å². The van der Waals surface area contributed by atoms with Gasteiger partial charge < -0.3 is 10.8 Å². The third-order valence-electron chi connectivity index (χ3n) is 2.79. The molecule has 0 saturated carbocycles. The molecule has 1 aromatic carbocycles. The molecule has 0 amide bonds. The lowest BCUT2D eigenvalue weighted by Crippen LogP contribution is -2.12. The summed E-state index contributed by atoms with van der Waals surface area (Å²) in [6.07, 6.45) is 4.02. The molecule has 0 radical (unpaired) electrons. The lowest BCUT2D eigenvalue weighted by Gasteiger charge is -2.13. The fraction of sp³-hybridized carbons (Fsp3) is 0.231. The van der Waals surface area contributed by atoms with Gasteiger partial charge in [0.05, 0.1) is 0 Å². The van der Waals surface area contributed by atoms with Gasteiger partial charge in [0.1, 0.15) is 0 Å². The molecule has 3 N–H and O–H groups in total. The zero-order valence-electron chi connectivity index (χ0n) is 9.34. The Hall–Kier alpha value is -1.94. The summed E-state index contributed by atoms with van der Waals surface area (Å²) in [5.74, 6) is -0.821. The van der Waals surface area contributed by atoms with E-state index < -0.39 is 5.97 Å². The van der Waals surface area contributed by atoms with Gasteiger partial charge in [-0.05, 0) is 23.4 Å². The first-order valence-corrected chi connectivity index (χ1v) is 5.48. The van der Waals surface area contributed by atoms with E-state index >= 15 is 0 Å². The summed E-state index contributed by atoms with van der Waals surface area (Å²) < 4.78 is 0. The number of fused-ring (bicyclic) bond motifs is 1. The minimum Gasteiger partial charge on any atom is -0.481 e. The summed E-state index contributed by atoms with van der Waals surface area (Å²) in [4.78, 5) is 14.6. The van der Waals surface area contributed by atoms with Crippen LogP contribution in [-0.4, -0.2) is 16.1 Å². The molecule has 0 aliphatic rings. The number of nitrogens with two attached hydrogens (primary N) is 1. The summed E-state index contributed by atoms with van der Waals surface area (Å²) in [6, 6.07) is 7.50. The molecule has 1 atom stereocenters. The molecule has 0 saturated heterocycles. The van der Waals surface area contributed by atoms with Gasteiger partial charge in [0.25, 0.3) is 0 Å². The van der Waals surface area contributed by atoms with E-state index in [9.17, 15) is 4.79 Å². The summed E-state index contributed by atoms with van der Waals surface area (Å²) in [6.45, 7) is 0. The molecule has 4 heteroatoms. The highest BCUT2D eigenvalue weighted by atomic mass is 16.4. The molecule has 2 aromatic rings. The molecule has 0 bridgehead atoms. The summed E-state index contributed by atoms with van der Waals surface area (Å²) in [5.41, 5.74) is 6.97. The van der Waals surface area contributed by atoms with Crippen molar-refractivity contribution in [1.29, 1.82) is 0 Å². The zero-order valence-corrected chi connectivity index (χ0v) is 9.34. The lowest BCUT2D eigenvalue weighted by atomic mass is 9.98. The molecule has 0 spiro atoms. The Balaban J connectivity index is 2.31. The average Bonchev–Trinajstić information content (AvgIpc) is 2.35. The minimum absolute atomic E-state index is 0.0812. The van der Waals surface area contributed by atoms with Crippen molar-refractivity contribution in [2.75, 3.05) is 0 Å². The first-order valence-electron chi connectivity index (χ1n) is 5.48. The first-order chi connectivity index (χ1) is 8.18. The lowest BCUT2D eigenvalue weighted by molar-refractivity contribution is -0.137. The van der Waals surface area contributed by atoms with Gasteiger partial charge in [-0.3, -0.25) is 9.78 Å². The molecule has 4 nitrogen and oxygen atoms in total. The molecule has 1 heterocycles. The van der Waals surface area contributed by atoms with E-state index in [0.717, 1.165) is 16.3 Å². The molecule has 88 valence electrons. The van der Waals surface area contributed by atoms with Crippen molar-refractivity contribution in [3.05, 3.63) is 42.2 Å². The van der Waals surface area contributed by atoms with Gasteiger partial charge >= 0.3 is 5.97 Å². The molecule has 1 unspecified atom stereocenters. The highest BCUT2D eigenvalue weighted by Crippen LogP contribution is 2.24. The smallest absolute Gasteiger partial charge is 0.303 e. The average molecular weight is 230 g/mol. The van der Waals surface area contributed by atoms with E-state index in [0.29, 0.717) is 6.42 Å². The number of hydrogen-bond donors (Lipinski definition) is 2. The second-order valence-electron chi connectivity index (χ2n) is 3.98. The van der Waals surface area contributed by atoms with Gasteiger partial charge in [0, 0.05) is 30.2 Å².